The quantitative estimate of drug-likeness (QED) is 0.172. The van der Waals surface area contributed by atoms with E-state index in [0.29, 0.717) is 65.5 Å². The number of hydrogen-bond donors (Lipinski definition) is 0. The Morgan fingerprint density at radius 1 is 0.301 bits per heavy atom. The molecule has 0 saturated carbocycles. The molecule has 0 radical (unpaired) electrons. The van der Waals surface area contributed by atoms with Crippen molar-refractivity contribution in [3.05, 3.63) is 202 Å². The molecule has 0 amide bonds. The van der Waals surface area contributed by atoms with Gasteiger partial charge in [0.2, 0.25) is 0 Å². The van der Waals surface area contributed by atoms with Gasteiger partial charge in [0, 0.05) is 53.5 Å². The molecule has 0 unspecified atom stereocenters. The third-order valence-corrected chi connectivity index (χ3v) is 14.9. The van der Waals surface area contributed by atoms with Gasteiger partial charge in [-0.15, -0.1) is 0 Å². The van der Waals surface area contributed by atoms with E-state index >= 15 is 0 Å². The Balaban J connectivity index is 0.00000493. The van der Waals surface area contributed by atoms with Gasteiger partial charge in [-0.1, -0.05) is 143 Å². The molecule has 0 fully saturated rings. The fourth-order valence-corrected chi connectivity index (χ4v) is 11.9. The Labute approximate surface area is 450 Å². The van der Waals surface area contributed by atoms with Crippen LogP contribution in [0.15, 0.2) is 182 Å². The molecular weight excluding hydrogens is 1170 g/mol. The maximum absolute atomic E-state index is 7.00. The second-order valence-corrected chi connectivity index (χ2v) is 20.2. The van der Waals surface area contributed by atoms with Crippen LogP contribution in [0.25, 0.3) is 155 Å². The van der Waals surface area contributed by atoms with Crippen LogP contribution in [0.3, 0.4) is 0 Å². The predicted octanol–water partition coefficient (Wildman–Crippen LogP) is 17.9. The van der Waals surface area contributed by atoms with E-state index in [9.17, 15) is 0 Å². The summed E-state index contributed by atoms with van der Waals surface area (Å²) in [5.41, 5.74) is 9.97. The monoisotopic (exact) mass is 1190 g/mol. The van der Waals surface area contributed by atoms with Gasteiger partial charge < -0.3 is 19.9 Å². The average Bonchev–Trinajstić information content (AvgIpc) is 4.11. The molecule has 0 spiro atoms. The molecule has 73 heavy (non-hydrogen) atoms. The largest absolute Gasteiger partial charge is 2.00 e. The third-order valence-electron chi connectivity index (χ3n) is 14.1. The number of benzene rings is 10. The minimum atomic E-state index is 0. The van der Waals surface area contributed by atoms with Gasteiger partial charge in [0.1, 0.15) is 0 Å². The standard InChI is InChI=1S/C62H30Cl4N6.Pt/c63-41-17-39(18-42(64)29-41)53-55-45-21-31-9-1-2-10-32(31)22-46(45)56(67-55)54(40-19-43(65)30-44(66)20-40)58-48-24-34-12-4-6-14-36(34)26-50(48)60(69-58)71-62-52-28-38-16-8-7-15-37(38)27-51(52)61(72-62)70-59-49-25-35-13-5-3-11-33(35)23-47(49)57(53)68-59;/h1-30H;/q-2;+2. The number of fused-ring (bicyclic) bond motifs is 24. The molecule has 0 N–H and O–H groups in total. The van der Waals surface area contributed by atoms with Gasteiger partial charge in [-0.3, -0.25) is 4.98 Å². The number of halogens is 4. The van der Waals surface area contributed by atoms with Gasteiger partial charge >= 0.3 is 21.1 Å². The normalized spacial score (nSPS) is 12.0. The predicted molar refractivity (Wildman–Crippen MR) is 299 cm³/mol. The molecule has 346 valence electrons. The van der Waals surface area contributed by atoms with E-state index in [2.05, 4.69) is 109 Å². The van der Waals surface area contributed by atoms with Gasteiger partial charge in [-0.2, -0.15) is 0 Å². The van der Waals surface area contributed by atoms with Crippen molar-refractivity contribution in [1.29, 1.82) is 0 Å². The first-order valence-electron chi connectivity index (χ1n) is 23.3. The van der Waals surface area contributed by atoms with Crippen molar-refractivity contribution in [2.45, 2.75) is 0 Å². The molecule has 8 bridgehead atoms. The summed E-state index contributed by atoms with van der Waals surface area (Å²) < 4.78 is 0. The van der Waals surface area contributed by atoms with E-state index < -0.39 is 0 Å². The molecule has 6 nitrogen and oxygen atoms in total. The summed E-state index contributed by atoms with van der Waals surface area (Å²) in [5.74, 6) is 0.974. The summed E-state index contributed by atoms with van der Waals surface area (Å²) in [6.45, 7) is 0. The summed E-state index contributed by atoms with van der Waals surface area (Å²) in [5, 5.41) is 13.7. The molecule has 15 rings (SSSR count). The van der Waals surface area contributed by atoms with Crippen LogP contribution in [0.5, 0.6) is 0 Å². The SMILES string of the molecule is Clc1cc(Cl)cc(-c2c3nc(c(-c4cc(Cl)cc(Cl)c4)c4[n-]c(nc5nc(nc6[n-]c2c2cc7ccccc7cc62)-c2cc6ccccc6cc2-5)c2cc5ccccc5cc42)-c2cc4ccccc4cc2-3)c1.[Pt+2]. The van der Waals surface area contributed by atoms with E-state index in [0.717, 1.165) is 109 Å². The number of aromatic nitrogens is 6. The summed E-state index contributed by atoms with van der Waals surface area (Å²) in [6, 6.07) is 61.9. The molecule has 0 aliphatic carbocycles. The minimum absolute atomic E-state index is 0. The number of rotatable bonds is 2. The van der Waals surface area contributed by atoms with Crippen LogP contribution in [0, 0.1) is 0 Å². The molecule has 13 aromatic rings. The third kappa shape index (κ3) is 7.11. The van der Waals surface area contributed by atoms with Crippen molar-refractivity contribution in [3.8, 4) is 67.5 Å². The van der Waals surface area contributed by atoms with Gasteiger partial charge in [0.05, 0.1) is 23.0 Å². The summed E-state index contributed by atoms with van der Waals surface area (Å²) in [7, 11) is 0. The van der Waals surface area contributed by atoms with E-state index in [4.69, 9.17) is 76.3 Å². The fourth-order valence-electron chi connectivity index (χ4n) is 10.9. The van der Waals surface area contributed by atoms with Gasteiger partial charge in [0.15, 0.2) is 0 Å². The van der Waals surface area contributed by atoms with Gasteiger partial charge in [-0.05, 0) is 183 Å². The molecule has 5 heterocycles. The number of hydrogen-bond acceptors (Lipinski definition) is 4. The van der Waals surface area contributed by atoms with Crippen LogP contribution >= 0.6 is 46.4 Å². The maximum atomic E-state index is 7.00. The van der Waals surface area contributed by atoms with Crippen LogP contribution in [0.4, 0.5) is 0 Å². The first-order chi connectivity index (χ1) is 35.2. The Hall–Kier alpha value is -7.41. The zero-order valence-corrected chi connectivity index (χ0v) is 43.1. The molecule has 2 aliphatic heterocycles. The van der Waals surface area contributed by atoms with Crippen LogP contribution in [-0.4, -0.2) is 19.9 Å². The molecule has 2 aliphatic rings. The second kappa shape index (κ2) is 16.8. The van der Waals surface area contributed by atoms with E-state index in [1.807, 2.05) is 60.7 Å². The van der Waals surface area contributed by atoms with E-state index in [-0.39, 0.29) is 21.1 Å². The summed E-state index contributed by atoms with van der Waals surface area (Å²) >= 11 is 28.0. The second-order valence-electron chi connectivity index (χ2n) is 18.4. The summed E-state index contributed by atoms with van der Waals surface area (Å²) in [4.78, 5) is 33.3. The van der Waals surface area contributed by atoms with Crippen LogP contribution in [0.2, 0.25) is 20.1 Å². The van der Waals surface area contributed by atoms with Crippen molar-refractivity contribution >= 4 is 133 Å². The fraction of sp³-hybridized carbons (Fsp3) is 0. The van der Waals surface area contributed by atoms with E-state index in [1.165, 1.54) is 0 Å². The van der Waals surface area contributed by atoms with Crippen molar-refractivity contribution in [2.75, 3.05) is 0 Å². The molecular formula is C62H30Cl4N6Pt. The van der Waals surface area contributed by atoms with E-state index in [1.54, 1.807) is 12.1 Å². The Morgan fingerprint density at radius 2 is 0.603 bits per heavy atom. The van der Waals surface area contributed by atoms with Crippen molar-refractivity contribution in [2.24, 2.45) is 0 Å². The van der Waals surface area contributed by atoms with Crippen LogP contribution < -0.4 is 9.97 Å². The first-order valence-corrected chi connectivity index (χ1v) is 24.8. The zero-order valence-electron chi connectivity index (χ0n) is 37.8. The van der Waals surface area contributed by atoms with Crippen molar-refractivity contribution in [1.82, 2.24) is 29.9 Å². The molecule has 10 aromatic carbocycles. The molecule has 0 atom stereocenters. The van der Waals surface area contributed by atoms with Crippen LogP contribution in [0.1, 0.15) is 0 Å². The number of nitrogens with zero attached hydrogens (tertiary/aromatic N) is 6. The molecule has 3 aromatic heterocycles. The van der Waals surface area contributed by atoms with Crippen molar-refractivity contribution < 1.29 is 21.1 Å². The Bertz CT molecular complexity index is 4440. The van der Waals surface area contributed by atoms with Crippen LogP contribution in [-0.2, 0) is 21.1 Å². The summed E-state index contributed by atoms with van der Waals surface area (Å²) in [6.07, 6.45) is 0. The maximum Gasteiger partial charge on any atom is 2.00 e. The van der Waals surface area contributed by atoms with Crippen molar-refractivity contribution in [3.63, 3.8) is 0 Å². The average molecular weight is 1200 g/mol. The van der Waals surface area contributed by atoms with Gasteiger partial charge in [0.25, 0.3) is 0 Å². The zero-order chi connectivity index (χ0) is 47.9. The minimum Gasteiger partial charge on any atom is -0.435 e. The Kier molecular flexibility index (Phi) is 10.2. The smallest absolute Gasteiger partial charge is 0.435 e. The molecule has 11 heteroatoms. The molecule has 0 saturated heterocycles. The topological polar surface area (TPSA) is 79.8 Å². The Morgan fingerprint density at radius 3 is 0.945 bits per heavy atom. The first kappa shape index (κ1) is 44.3. The van der Waals surface area contributed by atoms with Gasteiger partial charge in [-0.25, -0.2) is 4.98 Å².